The van der Waals surface area contributed by atoms with Crippen LogP contribution in [0.5, 0.6) is 11.5 Å². The molecule has 0 saturated heterocycles. The van der Waals surface area contributed by atoms with Crippen LogP contribution < -0.4 is 20.1 Å². The molecule has 4 rings (SSSR count). The van der Waals surface area contributed by atoms with Gasteiger partial charge in [0.05, 0.1) is 22.0 Å². The summed E-state index contributed by atoms with van der Waals surface area (Å²) < 4.78 is 11.3. The summed E-state index contributed by atoms with van der Waals surface area (Å²) >= 11 is 2.91. The quantitative estimate of drug-likeness (QED) is 0.701. The van der Waals surface area contributed by atoms with E-state index in [0.717, 1.165) is 32.8 Å². The number of thiazole rings is 2. The van der Waals surface area contributed by atoms with Crippen LogP contribution >= 0.6 is 22.7 Å². The zero-order chi connectivity index (χ0) is 18.1. The van der Waals surface area contributed by atoms with Crippen LogP contribution in [0.25, 0.3) is 10.6 Å². The smallest absolute Gasteiger partial charge is 0.223 e. The normalized spacial score (nSPS) is 12.7. The first-order chi connectivity index (χ1) is 12.6. The summed E-state index contributed by atoms with van der Waals surface area (Å²) in [5.41, 5.74) is 2.48. The molecule has 1 aliphatic heterocycles. The Morgan fingerprint density at radius 3 is 2.88 bits per heavy atom. The van der Waals surface area contributed by atoms with Crippen LogP contribution in [-0.4, -0.2) is 29.1 Å². The van der Waals surface area contributed by atoms with Gasteiger partial charge in [0.15, 0.2) is 21.8 Å². The van der Waals surface area contributed by atoms with E-state index in [1.807, 2.05) is 30.5 Å². The maximum Gasteiger partial charge on any atom is 0.223 e. The van der Waals surface area contributed by atoms with Gasteiger partial charge in [-0.3, -0.25) is 4.79 Å². The zero-order valence-corrected chi connectivity index (χ0v) is 15.8. The number of nitrogens with one attached hydrogen (secondary N) is 2. The summed E-state index contributed by atoms with van der Waals surface area (Å²) in [5, 5.41) is 9.30. The molecule has 0 saturated carbocycles. The number of amides is 1. The third kappa shape index (κ3) is 3.35. The van der Waals surface area contributed by atoms with Crippen molar-refractivity contribution in [3.63, 3.8) is 0 Å². The number of aryl methyl sites for hydroxylation is 1. The number of ether oxygens (including phenoxy) is 2. The number of benzene rings is 1. The van der Waals surface area contributed by atoms with Crippen molar-refractivity contribution in [3.8, 4) is 22.1 Å². The minimum Gasteiger partial charge on any atom is -0.486 e. The van der Waals surface area contributed by atoms with E-state index in [9.17, 15) is 4.79 Å². The molecule has 1 amide bonds. The average Bonchev–Trinajstić information content (AvgIpc) is 3.21. The lowest BCUT2D eigenvalue weighted by Crippen LogP contribution is -2.16. The van der Waals surface area contributed by atoms with Gasteiger partial charge in [0.1, 0.15) is 13.2 Å². The number of para-hydroxylation sites is 1. The van der Waals surface area contributed by atoms with Gasteiger partial charge in [-0.05, 0) is 19.1 Å². The van der Waals surface area contributed by atoms with Crippen molar-refractivity contribution in [2.45, 2.75) is 13.8 Å². The lowest BCUT2D eigenvalue weighted by Gasteiger charge is -2.20. The molecule has 26 heavy (non-hydrogen) atoms. The van der Waals surface area contributed by atoms with E-state index in [2.05, 4.69) is 20.6 Å². The highest BCUT2D eigenvalue weighted by Gasteiger charge is 2.18. The van der Waals surface area contributed by atoms with Crippen molar-refractivity contribution >= 4 is 44.5 Å². The molecule has 0 fully saturated rings. The second-order valence-electron chi connectivity index (χ2n) is 5.61. The molecule has 0 aliphatic carbocycles. The maximum absolute atomic E-state index is 11.2. The molecule has 9 heteroatoms. The summed E-state index contributed by atoms with van der Waals surface area (Å²) in [5.74, 6) is 1.30. The summed E-state index contributed by atoms with van der Waals surface area (Å²) in [6, 6.07) is 5.73. The van der Waals surface area contributed by atoms with Crippen LogP contribution in [0.3, 0.4) is 0 Å². The highest BCUT2D eigenvalue weighted by molar-refractivity contribution is 7.20. The van der Waals surface area contributed by atoms with Gasteiger partial charge in [0.2, 0.25) is 5.91 Å². The van der Waals surface area contributed by atoms with Gasteiger partial charge in [-0.25, -0.2) is 9.97 Å². The first kappa shape index (κ1) is 16.8. The Balaban J connectivity index is 1.58. The number of hydrogen-bond donors (Lipinski definition) is 2. The minimum atomic E-state index is -0.137. The number of hydrogen-bond acceptors (Lipinski definition) is 8. The highest BCUT2D eigenvalue weighted by Crippen LogP contribution is 2.40. The standard InChI is InChI=1S/C17H16N4O3S2/c1-9-15(26-17(18-9)19-10(2)22)12-8-25-16(21-12)20-11-4-3-5-13-14(11)24-7-6-23-13/h3-5,8H,6-7H2,1-2H3,(H,20,21)(H,18,19,22). The largest absolute Gasteiger partial charge is 0.486 e. The van der Waals surface area contributed by atoms with Gasteiger partial charge in [-0.1, -0.05) is 17.4 Å². The zero-order valence-electron chi connectivity index (χ0n) is 14.2. The third-order valence-electron chi connectivity index (χ3n) is 3.62. The fourth-order valence-electron chi connectivity index (χ4n) is 2.56. The number of aromatic nitrogens is 2. The van der Waals surface area contributed by atoms with Crippen LogP contribution in [0.1, 0.15) is 12.6 Å². The van der Waals surface area contributed by atoms with Crippen LogP contribution in [0, 0.1) is 6.92 Å². The molecule has 1 aromatic carbocycles. The average molecular weight is 388 g/mol. The fourth-order valence-corrected chi connectivity index (χ4v) is 4.32. The molecule has 0 radical (unpaired) electrons. The number of carbonyl (C=O) groups excluding carboxylic acids is 1. The molecule has 0 bridgehead atoms. The number of fused-ring (bicyclic) bond motifs is 1. The number of nitrogens with zero attached hydrogens (tertiary/aromatic N) is 2. The summed E-state index contributed by atoms with van der Waals surface area (Å²) in [6.07, 6.45) is 0. The number of anilines is 3. The fraction of sp³-hybridized carbons (Fsp3) is 0.235. The lowest BCUT2D eigenvalue weighted by atomic mass is 10.2. The van der Waals surface area contributed by atoms with E-state index in [1.165, 1.54) is 29.6 Å². The maximum atomic E-state index is 11.2. The topological polar surface area (TPSA) is 85.4 Å². The molecule has 134 valence electrons. The Labute approximate surface area is 158 Å². The summed E-state index contributed by atoms with van der Waals surface area (Å²) in [6.45, 7) is 4.45. The molecular weight excluding hydrogens is 372 g/mol. The molecular formula is C17H16N4O3S2. The SMILES string of the molecule is CC(=O)Nc1nc(C)c(-c2csc(Nc3cccc4c3OCCO4)n2)s1. The molecule has 0 unspecified atom stereocenters. The van der Waals surface area contributed by atoms with E-state index in [4.69, 9.17) is 9.47 Å². The highest BCUT2D eigenvalue weighted by atomic mass is 32.1. The Morgan fingerprint density at radius 2 is 2.04 bits per heavy atom. The van der Waals surface area contributed by atoms with Crippen LogP contribution in [0.2, 0.25) is 0 Å². The third-order valence-corrected chi connectivity index (χ3v) is 5.48. The van der Waals surface area contributed by atoms with Crippen molar-refractivity contribution in [2.24, 2.45) is 0 Å². The van der Waals surface area contributed by atoms with Crippen LogP contribution in [0.4, 0.5) is 16.0 Å². The molecule has 3 aromatic rings. The summed E-state index contributed by atoms with van der Waals surface area (Å²) in [7, 11) is 0. The van der Waals surface area contributed by atoms with E-state index in [0.29, 0.717) is 24.1 Å². The van der Waals surface area contributed by atoms with Crippen molar-refractivity contribution in [1.82, 2.24) is 9.97 Å². The van der Waals surface area contributed by atoms with Gasteiger partial charge in [0.25, 0.3) is 0 Å². The van der Waals surface area contributed by atoms with Gasteiger partial charge in [-0.15, -0.1) is 11.3 Å². The Bertz CT molecular complexity index is 967. The molecule has 2 aromatic heterocycles. The van der Waals surface area contributed by atoms with Crippen molar-refractivity contribution in [2.75, 3.05) is 23.8 Å². The Kier molecular flexibility index (Phi) is 4.48. The molecule has 0 spiro atoms. The van der Waals surface area contributed by atoms with Gasteiger partial charge >= 0.3 is 0 Å². The van der Waals surface area contributed by atoms with Crippen LogP contribution in [-0.2, 0) is 4.79 Å². The first-order valence-corrected chi connectivity index (χ1v) is 9.66. The Morgan fingerprint density at radius 1 is 1.19 bits per heavy atom. The van der Waals surface area contributed by atoms with Crippen molar-refractivity contribution < 1.29 is 14.3 Å². The minimum absolute atomic E-state index is 0.137. The Hall–Kier alpha value is -2.65. The van der Waals surface area contributed by atoms with E-state index < -0.39 is 0 Å². The number of rotatable bonds is 4. The summed E-state index contributed by atoms with van der Waals surface area (Å²) in [4.78, 5) is 21.2. The molecule has 2 N–H and O–H groups in total. The predicted molar refractivity (Wildman–Crippen MR) is 103 cm³/mol. The second-order valence-corrected chi connectivity index (χ2v) is 7.46. The lowest BCUT2D eigenvalue weighted by molar-refractivity contribution is -0.114. The van der Waals surface area contributed by atoms with E-state index in [-0.39, 0.29) is 5.91 Å². The van der Waals surface area contributed by atoms with Crippen LogP contribution in [0.15, 0.2) is 23.6 Å². The van der Waals surface area contributed by atoms with Gasteiger partial charge < -0.3 is 20.1 Å². The molecule has 7 nitrogen and oxygen atoms in total. The second kappa shape index (κ2) is 6.93. The van der Waals surface area contributed by atoms with Crippen molar-refractivity contribution in [3.05, 3.63) is 29.3 Å². The van der Waals surface area contributed by atoms with Gasteiger partial charge in [-0.2, -0.15) is 0 Å². The monoisotopic (exact) mass is 388 g/mol. The molecule has 1 aliphatic rings. The predicted octanol–water partition coefficient (Wildman–Crippen LogP) is 4.05. The van der Waals surface area contributed by atoms with E-state index in [1.54, 1.807) is 0 Å². The molecule has 0 atom stereocenters. The van der Waals surface area contributed by atoms with Gasteiger partial charge in [0, 0.05) is 12.3 Å². The van der Waals surface area contributed by atoms with E-state index >= 15 is 0 Å². The number of carbonyl (C=O) groups is 1. The van der Waals surface area contributed by atoms with Crippen molar-refractivity contribution in [1.29, 1.82) is 0 Å². The molecule has 3 heterocycles. The first-order valence-electron chi connectivity index (χ1n) is 7.96.